The molecule has 0 aliphatic carbocycles. The van der Waals surface area contributed by atoms with Crippen molar-refractivity contribution >= 4 is 5.91 Å². The molecule has 0 saturated heterocycles. The van der Waals surface area contributed by atoms with Crippen LogP contribution < -0.4 is 0 Å². The summed E-state index contributed by atoms with van der Waals surface area (Å²) in [5.41, 5.74) is 1.32. The van der Waals surface area contributed by atoms with Crippen molar-refractivity contribution in [1.82, 2.24) is 9.88 Å². The molecule has 1 amide bonds. The fourth-order valence-corrected chi connectivity index (χ4v) is 2.40. The van der Waals surface area contributed by atoms with E-state index in [1.165, 1.54) is 12.1 Å². The topological polar surface area (TPSA) is 33.2 Å². The van der Waals surface area contributed by atoms with Crippen molar-refractivity contribution in [2.24, 2.45) is 0 Å². The third kappa shape index (κ3) is 5.13. The van der Waals surface area contributed by atoms with Crippen molar-refractivity contribution in [3.8, 4) is 0 Å². The van der Waals surface area contributed by atoms with E-state index in [4.69, 9.17) is 0 Å². The van der Waals surface area contributed by atoms with Crippen LogP contribution in [-0.4, -0.2) is 22.3 Å². The molecule has 2 rings (SSSR count). The van der Waals surface area contributed by atoms with E-state index < -0.39 is 11.6 Å². The number of carbonyl (C=O) groups is 1. The Kier molecular flexibility index (Phi) is 6.20. The predicted octanol–water partition coefficient (Wildman–Crippen LogP) is 3.73. The van der Waals surface area contributed by atoms with E-state index in [2.05, 4.69) is 4.98 Å². The fraction of sp³-hybridized carbons (Fsp3) is 0.333. The summed E-state index contributed by atoms with van der Waals surface area (Å²) >= 11 is 0. The summed E-state index contributed by atoms with van der Waals surface area (Å²) in [5.74, 6) is -1.26. The number of carbonyl (C=O) groups excluding carboxylic acids is 1. The summed E-state index contributed by atoms with van der Waals surface area (Å²) in [6, 6.07) is 7.20. The minimum atomic E-state index is -0.609. The molecule has 1 heterocycles. The molecule has 0 fully saturated rings. The third-order valence-corrected chi connectivity index (χ3v) is 3.57. The van der Waals surface area contributed by atoms with Gasteiger partial charge in [-0.1, -0.05) is 19.1 Å². The van der Waals surface area contributed by atoms with Gasteiger partial charge in [0.25, 0.3) is 0 Å². The molecule has 23 heavy (non-hydrogen) atoms. The Bertz CT molecular complexity index is 647. The number of hydrogen-bond donors (Lipinski definition) is 0. The maximum Gasteiger partial charge on any atom is 0.223 e. The van der Waals surface area contributed by atoms with Crippen LogP contribution in [0.2, 0.25) is 0 Å². The van der Waals surface area contributed by atoms with Crippen LogP contribution in [0.5, 0.6) is 0 Å². The van der Waals surface area contributed by atoms with E-state index >= 15 is 0 Å². The Labute approximate surface area is 135 Å². The average molecular weight is 318 g/mol. The molecule has 0 bridgehead atoms. The first-order valence-electron chi connectivity index (χ1n) is 7.70. The van der Waals surface area contributed by atoms with Gasteiger partial charge in [0.15, 0.2) is 0 Å². The van der Waals surface area contributed by atoms with Crippen molar-refractivity contribution in [3.05, 3.63) is 65.5 Å². The summed E-state index contributed by atoms with van der Waals surface area (Å²) < 4.78 is 26.5. The zero-order valence-corrected chi connectivity index (χ0v) is 13.1. The number of benzene rings is 1. The standard InChI is InChI=1S/C18H20F2N2O/c1-2-10-22(13-14-4-3-9-21-12-14)18(23)8-6-15-5-7-16(19)11-17(15)20/h3-5,7,9,11-12H,2,6,8,10,13H2,1H3. The van der Waals surface area contributed by atoms with Gasteiger partial charge in [0.05, 0.1) is 0 Å². The number of pyridine rings is 1. The number of hydrogen-bond acceptors (Lipinski definition) is 2. The highest BCUT2D eigenvalue weighted by atomic mass is 19.1. The molecule has 0 saturated carbocycles. The molecule has 0 atom stereocenters. The molecule has 1 aromatic carbocycles. The van der Waals surface area contributed by atoms with Crippen LogP contribution in [0, 0.1) is 11.6 Å². The molecule has 1 aromatic heterocycles. The number of nitrogens with zero attached hydrogens (tertiary/aromatic N) is 2. The van der Waals surface area contributed by atoms with Gasteiger partial charge in [0.1, 0.15) is 11.6 Å². The average Bonchev–Trinajstić information content (AvgIpc) is 2.54. The van der Waals surface area contributed by atoms with Crippen LogP contribution >= 0.6 is 0 Å². The summed E-state index contributed by atoms with van der Waals surface area (Å²) in [6.45, 7) is 3.13. The highest BCUT2D eigenvalue weighted by Crippen LogP contribution is 2.13. The first-order valence-corrected chi connectivity index (χ1v) is 7.70. The SMILES string of the molecule is CCCN(Cc1cccnc1)C(=O)CCc1ccc(F)cc1F. The van der Waals surface area contributed by atoms with Crippen LogP contribution in [0.25, 0.3) is 0 Å². The lowest BCUT2D eigenvalue weighted by Crippen LogP contribution is -2.31. The highest BCUT2D eigenvalue weighted by Gasteiger charge is 2.14. The summed E-state index contributed by atoms with van der Waals surface area (Å²) in [7, 11) is 0. The summed E-state index contributed by atoms with van der Waals surface area (Å²) in [5, 5.41) is 0. The second-order valence-corrected chi connectivity index (χ2v) is 5.41. The van der Waals surface area contributed by atoms with Crippen LogP contribution in [-0.2, 0) is 17.8 Å². The third-order valence-electron chi connectivity index (χ3n) is 3.57. The van der Waals surface area contributed by atoms with Gasteiger partial charge in [0.2, 0.25) is 5.91 Å². The minimum absolute atomic E-state index is 0.0422. The van der Waals surface area contributed by atoms with E-state index in [1.807, 2.05) is 19.1 Å². The van der Waals surface area contributed by atoms with Crippen molar-refractivity contribution in [1.29, 1.82) is 0 Å². The molecule has 0 unspecified atom stereocenters. The molecular formula is C18H20F2N2O. The van der Waals surface area contributed by atoms with E-state index in [1.54, 1.807) is 17.3 Å². The van der Waals surface area contributed by atoms with Gasteiger partial charge in [-0.25, -0.2) is 8.78 Å². The Morgan fingerprint density at radius 1 is 1.26 bits per heavy atom. The Hall–Kier alpha value is -2.30. The predicted molar refractivity (Wildman–Crippen MR) is 84.6 cm³/mol. The lowest BCUT2D eigenvalue weighted by Gasteiger charge is -2.22. The van der Waals surface area contributed by atoms with E-state index in [0.717, 1.165) is 18.1 Å². The van der Waals surface area contributed by atoms with Gasteiger partial charge in [-0.05, 0) is 36.1 Å². The van der Waals surface area contributed by atoms with Gasteiger partial charge in [0, 0.05) is 38.0 Å². The molecule has 122 valence electrons. The number of amides is 1. The number of aryl methyl sites for hydroxylation is 1. The van der Waals surface area contributed by atoms with Crippen LogP contribution in [0.3, 0.4) is 0 Å². The molecule has 0 spiro atoms. The summed E-state index contributed by atoms with van der Waals surface area (Å²) in [4.78, 5) is 18.2. The van der Waals surface area contributed by atoms with Gasteiger partial charge in [-0.2, -0.15) is 0 Å². The Morgan fingerprint density at radius 2 is 2.09 bits per heavy atom. The lowest BCUT2D eigenvalue weighted by molar-refractivity contribution is -0.131. The number of aromatic nitrogens is 1. The van der Waals surface area contributed by atoms with Crippen molar-refractivity contribution in [2.45, 2.75) is 32.7 Å². The molecule has 0 radical (unpaired) electrons. The molecular weight excluding hydrogens is 298 g/mol. The minimum Gasteiger partial charge on any atom is -0.338 e. The quantitative estimate of drug-likeness (QED) is 0.779. The zero-order chi connectivity index (χ0) is 16.7. The smallest absolute Gasteiger partial charge is 0.223 e. The van der Waals surface area contributed by atoms with Gasteiger partial charge < -0.3 is 4.90 Å². The van der Waals surface area contributed by atoms with Gasteiger partial charge in [-0.15, -0.1) is 0 Å². The van der Waals surface area contributed by atoms with Gasteiger partial charge in [-0.3, -0.25) is 9.78 Å². The Morgan fingerprint density at radius 3 is 2.74 bits per heavy atom. The lowest BCUT2D eigenvalue weighted by atomic mass is 10.1. The second kappa shape index (κ2) is 8.36. The molecule has 0 aliphatic rings. The van der Waals surface area contributed by atoms with Crippen LogP contribution in [0.1, 0.15) is 30.9 Å². The van der Waals surface area contributed by atoms with Crippen molar-refractivity contribution < 1.29 is 13.6 Å². The number of halogens is 2. The van der Waals surface area contributed by atoms with E-state index in [0.29, 0.717) is 18.7 Å². The first-order chi connectivity index (χ1) is 11.1. The van der Waals surface area contributed by atoms with Gasteiger partial charge >= 0.3 is 0 Å². The van der Waals surface area contributed by atoms with Crippen molar-refractivity contribution in [3.63, 3.8) is 0 Å². The highest BCUT2D eigenvalue weighted by molar-refractivity contribution is 5.76. The summed E-state index contributed by atoms with van der Waals surface area (Å²) in [6.07, 6.45) is 4.72. The van der Waals surface area contributed by atoms with E-state index in [9.17, 15) is 13.6 Å². The zero-order valence-electron chi connectivity index (χ0n) is 13.1. The fourth-order valence-electron chi connectivity index (χ4n) is 2.40. The Balaban J connectivity index is 1.97. The van der Waals surface area contributed by atoms with E-state index in [-0.39, 0.29) is 18.7 Å². The molecule has 5 heteroatoms. The maximum atomic E-state index is 13.6. The molecule has 3 nitrogen and oxygen atoms in total. The van der Waals surface area contributed by atoms with Crippen LogP contribution in [0.4, 0.5) is 8.78 Å². The normalized spacial score (nSPS) is 10.6. The molecule has 0 aliphatic heterocycles. The monoisotopic (exact) mass is 318 g/mol. The molecule has 0 N–H and O–H groups in total. The van der Waals surface area contributed by atoms with Crippen LogP contribution in [0.15, 0.2) is 42.7 Å². The second-order valence-electron chi connectivity index (χ2n) is 5.41. The maximum absolute atomic E-state index is 13.6. The van der Waals surface area contributed by atoms with Crippen molar-refractivity contribution in [2.75, 3.05) is 6.54 Å². The molecule has 2 aromatic rings. The first kappa shape index (κ1) is 17.1. The number of rotatable bonds is 7. The largest absolute Gasteiger partial charge is 0.338 e.